The summed E-state index contributed by atoms with van der Waals surface area (Å²) < 4.78 is 43.9. The number of nitrogens with one attached hydrogen (secondary N) is 2. The van der Waals surface area contributed by atoms with Crippen LogP contribution in [0.4, 0.5) is 13.6 Å². The van der Waals surface area contributed by atoms with Crippen molar-refractivity contribution in [2.24, 2.45) is 5.92 Å². The molecule has 1 saturated heterocycles. The van der Waals surface area contributed by atoms with E-state index in [1.54, 1.807) is 25.0 Å². The van der Waals surface area contributed by atoms with E-state index in [0.29, 0.717) is 23.3 Å². The maximum Gasteiger partial charge on any atom is 0.318 e. The molecule has 13 heteroatoms. The molecule has 2 fully saturated rings. The number of fused-ring (bicyclic) bond motifs is 1. The fraction of sp³-hybridized carbons (Fsp3) is 0.560. The van der Waals surface area contributed by atoms with E-state index in [1.807, 2.05) is 19.1 Å². The van der Waals surface area contributed by atoms with Gasteiger partial charge in [0.2, 0.25) is 11.8 Å². The lowest BCUT2D eigenvalue weighted by Gasteiger charge is -2.32. The Morgan fingerprint density at radius 2 is 2.08 bits per heavy atom. The Kier molecular flexibility index (Phi) is 7.03. The number of hydrogen-bond acceptors (Lipinski definition) is 8. The van der Waals surface area contributed by atoms with Gasteiger partial charge in [-0.15, -0.1) is 0 Å². The number of aromatic nitrogens is 3. The molecule has 2 aromatic heterocycles. The van der Waals surface area contributed by atoms with Crippen LogP contribution in [-0.2, 0) is 4.74 Å². The minimum atomic E-state index is -2.73. The van der Waals surface area contributed by atoms with Gasteiger partial charge in [-0.2, -0.15) is 0 Å². The van der Waals surface area contributed by atoms with Gasteiger partial charge in [-0.1, -0.05) is 11.2 Å². The van der Waals surface area contributed by atoms with Gasteiger partial charge in [0, 0.05) is 32.5 Å². The van der Waals surface area contributed by atoms with E-state index >= 15 is 0 Å². The number of hydrogen-bond donors (Lipinski definition) is 2. The van der Waals surface area contributed by atoms with Crippen LogP contribution in [0.1, 0.15) is 72.3 Å². The normalized spacial score (nSPS) is 21.4. The van der Waals surface area contributed by atoms with Crippen LogP contribution in [0.15, 0.2) is 27.2 Å². The van der Waals surface area contributed by atoms with Gasteiger partial charge in [-0.3, -0.25) is 4.79 Å². The average molecular weight is 533 g/mol. The van der Waals surface area contributed by atoms with Gasteiger partial charge >= 0.3 is 6.03 Å². The van der Waals surface area contributed by atoms with Crippen LogP contribution in [0.25, 0.3) is 11.1 Å². The molecule has 1 aliphatic carbocycles. The van der Waals surface area contributed by atoms with E-state index in [2.05, 4.69) is 30.6 Å². The van der Waals surface area contributed by atoms with Gasteiger partial charge in [0.05, 0.1) is 12.6 Å². The van der Waals surface area contributed by atoms with Crippen molar-refractivity contribution in [1.29, 1.82) is 0 Å². The second-order valence-electron chi connectivity index (χ2n) is 10.1. The van der Waals surface area contributed by atoms with Crippen molar-refractivity contribution >= 4 is 23.0 Å². The van der Waals surface area contributed by atoms with Gasteiger partial charge in [0.25, 0.3) is 5.91 Å². The number of carbonyl (C=O) groups is 2. The summed E-state index contributed by atoms with van der Waals surface area (Å²) in [5.74, 6) is -3.39. The topological polar surface area (TPSA) is 136 Å². The molecule has 1 aromatic carbocycles. The number of halogens is 2. The van der Waals surface area contributed by atoms with E-state index in [-0.39, 0.29) is 67.9 Å². The zero-order valence-electron chi connectivity index (χ0n) is 21.4. The van der Waals surface area contributed by atoms with E-state index < -0.39 is 17.9 Å². The highest BCUT2D eigenvalue weighted by atomic mass is 19.3. The highest BCUT2D eigenvalue weighted by Gasteiger charge is 2.40. The largest absolute Gasteiger partial charge is 0.438 e. The summed E-state index contributed by atoms with van der Waals surface area (Å²) in [6.45, 7) is 4.34. The van der Waals surface area contributed by atoms with Crippen molar-refractivity contribution in [1.82, 2.24) is 30.8 Å². The third-order valence-electron chi connectivity index (χ3n) is 7.27. The smallest absolute Gasteiger partial charge is 0.318 e. The Bertz CT molecular complexity index is 1320. The van der Waals surface area contributed by atoms with Crippen LogP contribution in [0.5, 0.6) is 0 Å². The lowest BCUT2D eigenvalue weighted by Crippen LogP contribution is -2.37. The van der Waals surface area contributed by atoms with Gasteiger partial charge in [0.15, 0.2) is 11.3 Å². The van der Waals surface area contributed by atoms with Gasteiger partial charge < -0.3 is 24.7 Å². The fourth-order valence-corrected chi connectivity index (χ4v) is 5.24. The molecule has 0 radical (unpaired) electrons. The average Bonchev–Trinajstić information content (AvgIpc) is 3.58. The van der Waals surface area contributed by atoms with Crippen molar-refractivity contribution in [2.45, 2.75) is 63.6 Å². The second kappa shape index (κ2) is 10.3. The van der Waals surface area contributed by atoms with Crippen LogP contribution in [0, 0.1) is 12.8 Å². The van der Waals surface area contributed by atoms with Crippen LogP contribution >= 0.6 is 0 Å². The maximum atomic E-state index is 13.9. The number of alkyl halides is 2. The maximum absolute atomic E-state index is 13.9. The molecule has 0 spiro atoms. The lowest BCUT2D eigenvalue weighted by atomic mass is 9.82. The number of ether oxygens (including phenoxy) is 1. The quantitative estimate of drug-likeness (QED) is 0.446. The molecule has 5 rings (SSSR count). The highest BCUT2D eigenvalue weighted by Crippen LogP contribution is 2.42. The van der Waals surface area contributed by atoms with E-state index in [0.717, 1.165) is 5.56 Å². The first-order valence-electron chi connectivity index (χ1n) is 12.6. The summed E-state index contributed by atoms with van der Waals surface area (Å²) in [5.41, 5.74) is 2.12. The summed E-state index contributed by atoms with van der Waals surface area (Å²) >= 11 is 0. The molecule has 3 heterocycles. The van der Waals surface area contributed by atoms with E-state index in [4.69, 9.17) is 9.15 Å². The molecule has 2 N–H and O–H groups in total. The molecule has 1 saturated carbocycles. The molecular weight excluding hydrogens is 502 g/mol. The number of nitrogens with zero attached hydrogens (tertiary/aromatic N) is 4. The van der Waals surface area contributed by atoms with E-state index in [9.17, 15) is 18.4 Å². The molecule has 1 aliphatic heterocycles. The molecular formula is C25H30F2N6O5. The van der Waals surface area contributed by atoms with Crippen molar-refractivity contribution in [2.75, 3.05) is 20.3 Å². The minimum absolute atomic E-state index is 0.00932. The summed E-state index contributed by atoms with van der Waals surface area (Å²) in [5, 5.41) is 13.1. The number of carbonyl (C=O) groups excluding carboxylic acids is 2. The summed E-state index contributed by atoms with van der Waals surface area (Å²) in [6.07, 6.45) is -0.186. The Balaban J connectivity index is 1.46. The molecule has 3 unspecified atom stereocenters. The number of aryl methyl sites for hydroxylation is 1. The molecule has 204 valence electrons. The Hall–Kier alpha value is -3.61. The van der Waals surface area contributed by atoms with Crippen molar-refractivity contribution in [3.8, 4) is 0 Å². The molecule has 0 bridgehead atoms. The number of methoxy groups -OCH3 is 1. The summed E-state index contributed by atoms with van der Waals surface area (Å²) in [4.78, 5) is 31.8. The first-order valence-corrected chi connectivity index (χ1v) is 12.6. The number of oxazole rings is 1. The summed E-state index contributed by atoms with van der Waals surface area (Å²) in [7, 11) is 1.57. The Morgan fingerprint density at radius 3 is 2.71 bits per heavy atom. The summed E-state index contributed by atoms with van der Waals surface area (Å²) in [6, 6.07) is 4.16. The van der Waals surface area contributed by atoms with Gasteiger partial charge in [0.1, 0.15) is 17.3 Å². The molecule has 2 aliphatic rings. The number of urea groups is 1. The zero-order chi connectivity index (χ0) is 27.0. The van der Waals surface area contributed by atoms with E-state index in [1.165, 1.54) is 0 Å². The Labute approximate surface area is 217 Å². The third-order valence-corrected chi connectivity index (χ3v) is 7.27. The monoisotopic (exact) mass is 532 g/mol. The number of rotatable bonds is 8. The highest BCUT2D eigenvalue weighted by molar-refractivity contribution is 5.93. The third kappa shape index (κ3) is 5.19. The second-order valence-corrected chi connectivity index (χ2v) is 10.1. The predicted octanol–water partition coefficient (Wildman–Crippen LogP) is 3.92. The fourth-order valence-electron chi connectivity index (χ4n) is 5.24. The molecule has 38 heavy (non-hydrogen) atoms. The first-order chi connectivity index (χ1) is 18.1. The SMILES string of the molecule is COCC(c1ccc2oc(C(NC(=O)c3nonc3C)C3CCC(F)(F)CC3)nc2c1)N1CC(C)NC1=O. The van der Waals surface area contributed by atoms with Crippen LogP contribution < -0.4 is 10.6 Å². The van der Waals surface area contributed by atoms with Gasteiger partial charge in [-0.05, 0) is 55.5 Å². The van der Waals surface area contributed by atoms with Crippen molar-refractivity contribution in [3.63, 3.8) is 0 Å². The van der Waals surface area contributed by atoms with Crippen LogP contribution in [-0.4, -0.2) is 64.4 Å². The van der Waals surface area contributed by atoms with Crippen molar-refractivity contribution < 1.29 is 32.2 Å². The van der Waals surface area contributed by atoms with Crippen molar-refractivity contribution in [3.05, 3.63) is 41.0 Å². The molecule has 3 atom stereocenters. The molecule has 11 nitrogen and oxygen atoms in total. The number of amides is 3. The standard InChI is InChI=1S/C25H30F2N6O5/c1-13-11-33(24(35)28-13)18(12-36-3)16-4-5-19-17(10-16)29-23(37-19)21(15-6-8-25(26,27)9-7-15)30-22(34)20-14(2)31-38-32-20/h4-5,10,13,15,18,21H,6-9,11-12H2,1-3H3,(H,28,35)(H,30,34). The van der Waals surface area contributed by atoms with Crippen LogP contribution in [0.2, 0.25) is 0 Å². The lowest BCUT2D eigenvalue weighted by molar-refractivity contribution is -0.0503. The molecule has 3 aromatic rings. The van der Waals surface area contributed by atoms with Gasteiger partial charge in [-0.25, -0.2) is 23.2 Å². The minimum Gasteiger partial charge on any atom is -0.438 e. The number of benzene rings is 1. The first kappa shape index (κ1) is 26.0. The predicted molar refractivity (Wildman–Crippen MR) is 129 cm³/mol. The van der Waals surface area contributed by atoms with Crippen LogP contribution in [0.3, 0.4) is 0 Å². The molecule has 3 amide bonds. The Morgan fingerprint density at radius 1 is 1.32 bits per heavy atom. The zero-order valence-corrected chi connectivity index (χ0v) is 21.4.